The van der Waals surface area contributed by atoms with Crippen LogP contribution in [0, 0.1) is 11.8 Å². The van der Waals surface area contributed by atoms with Gasteiger partial charge in [0.25, 0.3) is 0 Å². The summed E-state index contributed by atoms with van der Waals surface area (Å²) in [6.07, 6.45) is 9.62. The first-order valence-corrected chi connectivity index (χ1v) is 7.63. The second kappa shape index (κ2) is 6.36. The summed E-state index contributed by atoms with van der Waals surface area (Å²) in [5.41, 5.74) is 5.76. The minimum absolute atomic E-state index is 0.0906. The van der Waals surface area contributed by atoms with Crippen LogP contribution in [0.4, 0.5) is 0 Å². The molecule has 3 nitrogen and oxygen atoms in total. The SMILES string of the molecule is CC1CCCC(COC2CCCC(N)(CO)C2)C1. The largest absolute Gasteiger partial charge is 0.394 e. The molecule has 0 bridgehead atoms. The molecule has 0 amide bonds. The molecule has 2 aliphatic rings. The van der Waals surface area contributed by atoms with Gasteiger partial charge < -0.3 is 15.6 Å². The Balaban J connectivity index is 1.72. The lowest BCUT2D eigenvalue weighted by Crippen LogP contribution is -2.49. The first-order valence-electron chi connectivity index (χ1n) is 7.63. The van der Waals surface area contributed by atoms with E-state index in [1.165, 1.54) is 25.7 Å². The molecule has 3 N–H and O–H groups in total. The first-order chi connectivity index (χ1) is 8.61. The number of nitrogens with two attached hydrogens (primary N) is 1. The second-order valence-corrected chi connectivity index (χ2v) is 6.71. The lowest BCUT2D eigenvalue weighted by Gasteiger charge is -2.37. The molecule has 0 heterocycles. The summed E-state index contributed by atoms with van der Waals surface area (Å²) in [6, 6.07) is 0. The Bertz CT molecular complexity index is 259. The molecular weight excluding hydrogens is 226 g/mol. The number of aliphatic hydroxyl groups excluding tert-OH is 1. The zero-order valence-electron chi connectivity index (χ0n) is 11.7. The lowest BCUT2D eigenvalue weighted by atomic mass is 9.81. The van der Waals surface area contributed by atoms with E-state index in [0.717, 1.165) is 44.1 Å². The summed E-state index contributed by atoms with van der Waals surface area (Å²) in [5.74, 6) is 1.61. The summed E-state index contributed by atoms with van der Waals surface area (Å²) in [4.78, 5) is 0. The third-order valence-electron chi connectivity index (χ3n) is 4.76. The Labute approximate surface area is 111 Å². The van der Waals surface area contributed by atoms with Crippen LogP contribution in [0.1, 0.15) is 58.3 Å². The standard InChI is InChI=1S/C15H29NO2/c1-12-4-2-5-13(8-12)10-18-14-6-3-7-15(16,9-14)11-17/h12-14,17H,2-11,16H2,1H3. The van der Waals surface area contributed by atoms with Crippen LogP contribution in [0.25, 0.3) is 0 Å². The Morgan fingerprint density at radius 1 is 1.28 bits per heavy atom. The zero-order chi connectivity index (χ0) is 13.0. The number of aliphatic hydroxyl groups is 1. The van der Waals surface area contributed by atoms with E-state index in [2.05, 4.69) is 6.92 Å². The van der Waals surface area contributed by atoms with Crippen LogP contribution in [-0.4, -0.2) is 30.0 Å². The van der Waals surface area contributed by atoms with E-state index in [4.69, 9.17) is 10.5 Å². The minimum Gasteiger partial charge on any atom is -0.394 e. The summed E-state index contributed by atoms with van der Waals surface area (Å²) in [6.45, 7) is 3.34. The van der Waals surface area contributed by atoms with Gasteiger partial charge in [-0.15, -0.1) is 0 Å². The van der Waals surface area contributed by atoms with Gasteiger partial charge in [-0.25, -0.2) is 0 Å². The summed E-state index contributed by atoms with van der Waals surface area (Å²) in [5, 5.41) is 9.34. The minimum atomic E-state index is -0.386. The monoisotopic (exact) mass is 255 g/mol. The number of hydrogen-bond acceptors (Lipinski definition) is 3. The predicted molar refractivity (Wildman–Crippen MR) is 73.3 cm³/mol. The topological polar surface area (TPSA) is 55.5 Å². The molecule has 2 aliphatic carbocycles. The molecule has 2 fully saturated rings. The zero-order valence-corrected chi connectivity index (χ0v) is 11.7. The van der Waals surface area contributed by atoms with Gasteiger partial charge in [-0.1, -0.05) is 19.8 Å². The molecule has 4 atom stereocenters. The summed E-state index contributed by atoms with van der Waals surface area (Å²) < 4.78 is 6.08. The summed E-state index contributed by atoms with van der Waals surface area (Å²) in [7, 11) is 0. The van der Waals surface area contributed by atoms with Crippen LogP contribution >= 0.6 is 0 Å². The molecule has 0 aromatic heterocycles. The Morgan fingerprint density at radius 2 is 2.11 bits per heavy atom. The van der Waals surface area contributed by atoms with Crippen molar-refractivity contribution in [2.45, 2.75) is 69.9 Å². The van der Waals surface area contributed by atoms with Crippen molar-refractivity contribution < 1.29 is 9.84 Å². The molecule has 2 rings (SSSR count). The molecule has 106 valence electrons. The quantitative estimate of drug-likeness (QED) is 0.811. The average molecular weight is 255 g/mol. The predicted octanol–water partition coefficient (Wildman–Crippen LogP) is 2.46. The summed E-state index contributed by atoms with van der Waals surface area (Å²) >= 11 is 0. The van der Waals surface area contributed by atoms with Gasteiger partial charge in [0.15, 0.2) is 0 Å². The van der Waals surface area contributed by atoms with Crippen molar-refractivity contribution in [2.24, 2.45) is 17.6 Å². The highest BCUT2D eigenvalue weighted by Gasteiger charge is 2.33. The number of hydrogen-bond donors (Lipinski definition) is 2. The first kappa shape index (κ1) is 14.3. The van der Waals surface area contributed by atoms with Crippen molar-refractivity contribution in [2.75, 3.05) is 13.2 Å². The fraction of sp³-hybridized carbons (Fsp3) is 1.00. The third kappa shape index (κ3) is 3.94. The fourth-order valence-electron chi connectivity index (χ4n) is 3.61. The van der Waals surface area contributed by atoms with Crippen molar-refractivity contribution >= 4 is 0 Å². The normalized spacial score (nSPS) is 41.8. The lowest BCUT2D eigenvalue weighted by molar-refractivity contribution is -0.0273. The van der Waals surface area contributed by atoms with Crippen molar-refractivity contribution in [3.63, 3.8) is 0 Å². The molecule has 0 saturated heterocycles. The molecule has 0 radical (unpaired) electrons. The van der Waals surface area contributed by atoms with E-state index in [1.54, 1.807) is 0 Å². The van der Waals surface area contributed by atoms with Crippen molar-refractivity contribution in [3.05, 3.63) is 0 Å². The van der Waals surface area contributed by atoms with E-state index >= 15 is 0 Å². The van der Waals surface area contributed by atoms with E-state index in [0.29, 0.717) is 0 Å². The van der Waals surface area contributed by atoms with Crippen molar-refractivity contribution in [1.29, 1.82) is 0 Å². The van der Waals surface area contributed by atoms with Crippen molar-refractivity contribution in [3.8, 4) is 0 Å². The fourth-order valence-corrected chi connectivity index (χ4v) is 3.61. The smallest absolute Gasteiger partial charge is 0.0612 e. The molecule has 0 aromatic carbocycles. The van der Waals surface area contributed by atoms with E-state index in [9.17, 15) is 5.11 Å². The number of ether oxygens (including phenoxy) is 1. The molecule has 18 heavy (non-hydrogen) atoms. The van der Waals surface area contributed by atoms with Gasteiger partial charge in [-0.2, -0.15) is 0 Å². The molecule has 3 heteroatoms. The van der Waals surface area contributed by atoms with Crippen molar-refractivity contribution in [1.82, 2.24) is 0 Å². The Morgan fingerprint density at radius 3 is 2.83 bits per heavy atom. The number of rotatable bonds is 4. The van der Waals surface area contributed by atoms with Crippen LogP contribution < -0.4 is 5.73 Å². The van der Waals surface area contributed by atoms with Crippen LogP contribution in [0.5, 0.6) is 0 Å². The highest BCUT2D eigenvalue weighted by Crippen LogP contribution is 2.31. The molecule has 0 aliphatic heterocycles. The maximum absolute atomic E-state index is 9.34. The van der Waals surface area contributed by atoms with Gasteiger partial charge in [-0.05, 0) is 50.4 Å². The second-order valence-electron chi connectivity index (χ2n) is 6.71. The maximum atomic E-state index is 9.34. The van der Waals surface area contributed by atoms with Gasteiger partial charge in [-0.3, -0.25) is 0 Å². The Kier molecular flexibility index (Phi) is 5.05. The van der Waals surface area contributed by atoms with E-state index in [-0.39, 0.29) is 18.2 Å². The van der Waals surface area contributed by atoms with Gasteiger partial charge in [0.2, 0.25) is 0 Å². The maximum Gasteiger partial charge on any atom is 0.0612 e. The highest BCUT2D eigenvalue weighted by molar-refractivity contribution is 4.90. The molecular formula is C15H29NO2. The highest BCUT2D eigenvalue weighted by atomic mass is 16.5. The molecule has 0 aromatic rings. The van der Waals surface area contributed by atoms with Crippen LogP contribution in [-0.2, 0) is 4.74 Å². The van der Waals surface area contributed by atoms with Gasteiger partial charge in [0.1, 0.15) is 0 Å². The van der Waals surface area contributed by atoms with E-state index in [1.807, 2.05) is 0 Å². The van der Waals surface area contributed by atoms with E-state index < -0.39 is 0 Å². The third-order valence-corrected chi connectivity index (χ3v) is 4.76. The molecule has 0 spiro atoms. The molecule has 2 saturated carbocycles. The van der Waals surface area contributed by atoms with Crippen LogP contribution in [0.2, 0.25) is 0 Å². The average Bonchev–Trinajstić information content (AvgIpc) is 2.37. The van der Waals surface area contributed by atoms with Gasteiger partial charge >= 0.3 is 0 Å². The van der Waals surface area contributed by atoms with Crippen LogP contribution in [0.3, 0.4) is 0 Å². The Hall–Kier alpha value is -0.120. The molecule has 4 unspecified atom stereocenters. The van der Waals surface area contributed by atoms with Crippen LogP contribution in [0.15, 0.2) is 0 Å². The van der Waals surface area contributed by atoms with Gasteiger partial charge in [0, 0.05) is 12.1 Å². The van der Waals surface area contributed by atoms with Gasteiger partial charge in [0.05, 0.1) is 12.7 Å².